The summed E-state index contributed by atoms with van der Waals surface area (Å²) in [5.41, 5.74) is 6.80. The van der Waals surface area contributed by atoms with Crippen LogP contribution in [-0.2, 0) is 9.59 Å². The number of halogens is 2. The third-order valence-electron chi connectivity index (χ3n) is 6.05. The highest BCUT2D eigenvalue weighted by Crippen LogP contribution is 2.23. The Labute approximate surface area is 261 Å². The van der Waals surface area contributed by atoms with E-state index in [1.807, 2.05) is 36.4 Å². The van der Waals surface area contributed by atoms with E-state index >= 15 is 0 Å². The number of rotatable bonds is 20. The fourth-order valence-corrected chi connectivity index (χ4v) is 4.47. The number of hydrogen-bond donors (Lipinski definition) is 2. The molecule has 2 amide bonds. The lowest BCUT2D eigenvalue weighted by Crippen LogP contribution is -2.17. The molecule has 0 saturated carbocycles. The number of carbonyl (C=O) groups is 2. The molecule has 0 spiro atoms. The largest absolute Gasteiger partial charge is 0.493 e. The SMILES string of the molecule is CCCCOc1ccc(Br)cc1/C=N\NC(=O)CCCCCCCC(=O)N/N=C\c1cc(Br)ccc1OCCCC. The van der Waals surface area contributed by atoms with E-state index in [0.717, 1.165) is 89.4 Å². The number of carbonyl (C=O) groups excluding carboxylic acids is 2. The zero-order chi connectivity index (χ0) is 29.7. The number of nitrogens with one attached hydrogen (secondary N) is 2. The van der Waals surface area contributed by atoms with Crippen molar-refractivity contribution in [3.05, 3.63) is 56.5 Å². The molecule has 0 bridgehead atoms. The van der Waals surface area contributed by atoms with E-state index in [1.165, 1.54) is 0 Å². The van der Waals surface area contributed by atoms with Crippen LogP contribution in [-0.4, -0.2) is 37.5 Å². The molecular weight excluding hydrogens is 652 g/mol. The van der Waals surface area contributed by atoms with Gasteiger partial charge in [-0.15, -0.1) is 0 Å². The van der Waals surface area contributed by atoms with Crippen molar-refractivity contribution in [2.75, 3.05) is 13.2 Å². The molecule has 2 aromatic rings. The Morgan fingerprint density at radius 3 is 1.51 bits per heavy atom. The lowest BCUT2D eigenvalue weighted by atomic mass is 10.1. The second kappa shape index (κ2) is 21.1. The van der Waals surface area contributed by atoms with Crippen molar-refractivity contribution in [2.24, 2.45) is 10.2 Å². The van der Waals surface area contributed by atoms with Gasteiger partial charge in [0.2, 0.25) is 11.8 Å². The van der Waals surface area contributed by atoms with Gasteiger partial charge in [0.1, 0.15) is 11.5 Å². The summed E-state index contributed by atoms with van der Waals surface area (Å²) in [6.45, 7) is 5.52. The zero-order valence-electron chi connectivity index (χ0n) is 24.1. The van der Waals surface area contributed by atoms with Crippen LogP contribution in [0.3, 0.4) is 0 Å². The Morgan fingerprint density at radius 2 is 1.10 bits per heavy atom. The maximum atomic E-state index is 12.1. The van der Waals surface area contributed by atoms with Gasteiger partial charge in [-0.3, -0.25) is 9.59 Å². The van der Waals surface area contributed by atoms with Gasteiger partial charge in [0.15, 0.2) is 0 Å². The van der Waals surface area contributed by atoms with Crippen molar-refractivity contribution in [1.29, 1.82) is 0 Å². The van der Waals surface area contributed by atoms with Crippen molar-refractivity contribution in [3.63, 3.8) is 0 Å². The minimum Gasteiger partial charge on any atom is -0.493 e. The maximum absolute atomic E-state index is 12.1. The van der Waals surface area contributed by atoms with Crippen LogP contribution >= 0.6 is 31.9 Å². The Balaban J connectivity index is 1.59. The Bertz CT molecular complexity index is 1050. The zero-order valence-corrected chi connectivity index (χ0v) is 27.3. The molecule has 2 N–H and O–H groups in total. The first kappa shape index (κ1) is 34.5. The summed E-state index contributed by atoms with van der Waals surface area (Å²) in [7, 11) is 0. The predicted molar refractivity (Wildman–Crippen MR) is 173 cm³/mol. The van der Waals surface area contributed by atoms with Gasteiger partial charge >= 0.3 is 0 Å². The molecule has 0 saturated heterocycles. The van der Waals surface area contributed by atoms with E-state index in [0.29, 0.717) is 26.1 Å². The molecule has 41 heavy (non-hydrogen) atoms. The van der Waals surface area contributed by atoms with Crippen molar-refractivity contribution >= 4 is 56.1 Å². The number of hydrogen-bond acceptors (Lipinski definition) is 6. The Hall–Kier alpha value is -2.72. The van der Waals surface area contributed by atoms with E-state index in [1.54, 1.807) is 12.4 Å². The van der Waals surface area contributed by atoms with E-state index in [2.05, 4.69) is 66.8 Å². The van der Waals surface area contributed by atoms with Crippen molar-refractivity contribution < 1.29 is 19.1 Å². The van der Waals surface area contributed by atoms with Gasteiger partial charge in [-0.2, -0.15) is 10.2 Å². The van der Waals surface area contributed by atoms with E-state index < -0.39 is 0 Å². The Kier molecular flexibility index (Phi) is 17.7. The van der Waals surface area contributed by atoms with E-state index in [-0.39, 0.29) is 11.8 Å². The molecule has 0 aliphatic heterocycles. The first-order valence-corrected chi connectivity index (χ1v) is 16.0. The van der Waals surface area contributed by atoms with Gasteiger partial charge in [-0.05, 0) is 62.1 Å². The minimum absolute atomic E-state index is 0.119. The highest BCUT2D eigenvalue weighted by molar-refractivity contribution is 9.10. The average Bonchev–Trinajstić information content (AvgIpc) is 2.95. The van der Waals surface area contributed by atoms with Gasteiger partial charge < -0.3 is 9.47 Å². The van der Waals surface area contributed by atoms with E-state index in [4.69, 9.17) is 9.47 Å². The molecule has 0 aliphatic rings. The quantitative estimate of drug-likeness (QED) is 0.0836. The molecule has 2 aromatic carbocycles. The number of ether oxygens (including phenoxy) is 2. The summed E-state index contributed by atoms with van der Waals surface area (Å²) >= 11 is 6.92. The van der Waals surface area contributed by atoms with Crippen LogP contribution in [0, 0.1) is 0 Å². The number of amides is 2. The second-order valence-electron chi connectivity index (χ2n) is 9.62. The van der Waals surface area contributed by atoms with Crippen LogP contribution in [0.15, 0.2) is 55.5 Å². The lowest BCUT2D eigenvalue weighted by molar-refractivity contribution is -0.121. The van der Waals surface area contributed by atoms with Crippen LogP contribution in [0.25, 0.3) is 0 Å². The number of hydrazone groups is 2. The van der Waals surface area contributed by atoms with Crippen LogP contribution < -0.4 is 20.3 Å². The van der Waals surface area contributed by atoms with E-state index in [9.17, 15) is 9.59 Å². The lowest BCUT2D eigenvalue weighted by Gasteiger charge is -2.09. The second-order valence-corrected chi connectivity index (χ2v) is 11.5. The highest BCUT2D eigenvalue weighted by Gasteiger charge is 2.06. The smallest absolute Gasteiger partial charge is 0.240 e. The van der Waals surface area contributed by atoms with Crippen LogP contribution in [0.5, 0.6) is 11.5 Å². The van der Waals surface area contributed by atoms with Gasteiger partial charge in [-0.1, -0.05) is 77.8 Å². The summed E-state index contributed by atoms with van der Waals surface area (Å²) in [5, 5.41) is 8.20. The van der Waals surface area contributed by atoms with Gasteiger partial charge in [-0.25, -0.2) is 10.9 Å². The predicted octanol–water partition coefficient (Wildman–Crippen LogP) is 7.90. The van der Waals surface area contributed by atoms with Crippen LogP contribution in [0.2, 0.25) is 0 Å². The molecule has 0 heterocycles. The number of nitrogens with zero attached hydrogens (tertiary/aromatic N) is 2. The van der Waals surface area contributed by atoms with Gasteiger partial charge in [0.25, 0.3) is 0 Å². The van der Waals surface area contributed by atoms with Gasteiger partial charge in [0.05, 0.1) is 25.6 Å². The summed E-state index contributed by atoms with van der Waals surface area (Å²) in [6, 6.07) is 11.4. The topological polar surface area (TPSA) is 101 Å². The standard InChI is InChI=1S/C31H42Br2N4O4/c1-3-5-18-40-28-16-14-26(32)20-24(28)22-34-36-30(38)12-10-8-7-9-11-13-31(39)37-35-23-25-21-27(33)15-17-29(25)41-19-6-4-2/h14-17,20-23H,3-13,18-19H2,1-2H3,(H,36,38)(H,37,39)/b34-22-,35-23-. The van der Waals surface area contributed by atoms with Crippen molar-refractivity contribution in [2.45, 2.75) is 84.5 Å². The summed E-state index contributed by atoms with van der Waals surface area (Å²) in [4.78, 5) is 24.3. The summed E-state index contributed by atoms with van der Waals surface area (Å²) < 4.78 is 13.5. The molecule has 0 unspecified atom stereocenters. The molecule has 0 fully saturated rings. The molecule has 2 rings (SSSR count). The highest BCUT2D eigenvalue weighted by atomic mass is 79.9. The monoisotopic (exact) mass is 692 g/mol. The number of unbranched alkanes of at least 4 members (excludes halogenated alkanes) is 6. The van der Waals surface area contributed by atoms with Crippen LogP contribution in [0.4, 0.5) is 0 Å². The third kappa shape index (κ3) is 15.2. The molecule has 224 valence electrons. The van der Waals surface area contributed by atoms with Crippen molar-refractivity contribution in [1.82, 2.24) is 10.9 Å². The fourth-order valence-electron chi connectivity index (χ4n) is 3.72. The number of benzene rings is 2. The molecule has 10 heteroatoms. The first-order valence-electron chi connectivity index (χ1n) is 14.4. The third-order valence-corrected chi connectivity index (χ3v) is 7.03. The van der Waals surface area contributed by atoms with Gasteiger partial charge in [0, 0.05) is 32.9 Å². The molecule has 0 atom stereocenters. The first-order chi connectivity index (χ1) is 19.9. The molecular formula is C31H42Br2N4O4. The summed E-state index contributed by atoms with van der Waals surface area (Å²) in [5.74, 6) is 1.25. The van der Waals surface area contributed by atoms with Crippen molar-refractivity contribution in [3.8, 4) is 11.5 Å². The molecule has 0 radical (unpaired) electrons. The van der Waals surface area contributed by atoms with Crippen LogP contribution in [0.1, 0.15) is 95.6 Å². The molecule has 8 nitrogen and oxygen atoms in total. The normalized spacial score (nSPS) is 11.2. The molecule has 0 aromatic heterocycles. The average molecular weight is 695 g/mol. The maximum Gasteiger partial charge on any atom is 0.240 e. The minimum atomic E-state index is -0.119. The summed E-state index contributed by atoms with van der Waals surface area (Å²) in [6.07, 6.45) is 12.5. The Morgan fingerprint density at radius 1 is 0.683 bits per heavy atom. The molecule has 0 aliphatic carbocycles. The fraction of sp³-hybridized carbons (Fsp3) is 0.484.